The third-order valence-corrected chi connectivity index (χ3v) is 11.0. The summed E-state index contributed by atoms with van der Waals surface area (Å²) in [6.45, 7) is 0. The molecule has 4 nitrogen and oxygen atoms in total. The Morgan fingerprint density at radius 1 is 0.377 bits per heavy atom. The third-order valence-electron chi connectivity index (χ3n) is 9.35. The van der Waals surface area contributed by atoms with Crippen LogP contribution in [0.4, 0.5) is 0 Å². The first-order valence-corrected chi connectivity index (χ1v) is 19.0. The second-order valence-corrected chi connectivity index (χ2v) is 15.3. The van der Waals surface area contributed by atoms with Crippen molar-refractivity contribution < 1.29 is 0 Å². The van der Waals surface area contributed by atoms with Crippen molar-refractivity contribution in [1.29, 1.82) is 0 Å². The van der Waals surface area contributed by atoms with Crippen LogP contribution >= 0.6 is 62.3 Å². The van der Waals surface area contributed by atoms with Crippen LogP contribution in [0.1, 0.15) is 22.8 Å². The fourth-order valence-corrected chi connectivity index (χ4v) is 7.96. The van der Waals surface area contributed by atoms with E-state index in [1.165, 1.54) is 0 Å². The van der Waals surface area contributed by atoms with Crippen molar-refractivity contribution in [3.63, 3.8) is 0 Å². The molecule has 0 unspecified atom stereocenters. The number of aromatic amines is 2. The smallest absolute Gasteiger partial charge is 0.0738 e. The molecule has 9 rings (SSSR count). The predicted molar refractivity (Wildman–Crippen MR) is 228 cm³/mol. The number of nitrogens with one attached hydrogen (secondary N) is 2. The average molecular weight is 831 g/mol. The first kappa shape index (κ1) is 33.9. The minimum Gasteiger partial charge on any atom is -0.354 e. The van der Waals surface area contributed by atoms with Crippen molar-refractivity contribution in [3.05, 3.63) is 163 Å². The van der Waals surface area contributed by atoms with Gasteiger partial charge in [-0.3, -0.25) is 0 Å². The van der Waals surface area contributed by atoms with E-state index in [0.717, 1.165) is 93.8 Å². The van der Waals surface area contributed by atoms with Crippen molar-refractivity contribution in [3.8, 4) is 44.5 Å². The van der Waals surface area contributed by atoms with Gasteiger partial charge in [0.2, 0.25) is 0 Å². The van der Waals surface area contributed by atoms with Gasteiger partial charge in [0.15, 0.2) is 0 Å². The van der Waals surface area contributed by atoms with Gasteiger partial charge in [0, 0.05) is 63.4 Å². The maximum absolute atomic E-state index is 6.39. The molecule has 2 aliphatic rings. The van der Waals surface area contributed by atoms with Crippen LogP contribution in [0.5, 0.6) is 0 Å². The molecule has 8 bridgehead atoms. The van der Waals surface area contributed by atoms with Gasteiger partial charge in [-0.2, -0.15) is 0 Å². The van der Waals surface area contributed by atoms with Crippen LogP contribution in [0.2, 0.25) is 20.1 Å². The summed E-state index contributed by atoms with van der Waals surface area (Å²) < 4.78 is 0.877. The Bertz CT molecular complexity index is 2800. The van der Waals surface area contributed by atoms with Crippen LogP contribution in [-0.4, -0.2) is 19.9 Å². The van der Waals surface area contributed by atoms with Crippen molar-refractivity contribution in [2.45, 2.75) is 0 Å². The molecule has 2 aliphatic heterocycles. The number of aromatic nitrogens is 4. The molecule has 5 heterocycles. The van der Waals surface area contributed by atoms with Crippen LogP contribution in [-0.2, 0) is 0 Å². The fourth-order valence-electron chi connectivity index (χ4n) is 6.92. The highest BCUT2D eigenvalue weighted by atomic mass is 79.9. The molecule has 9 heteroatoms. The molecule has 4 aromatic carbocycles. The number of hydrogen-bond acceptors (Lipinski definition) is 2. The minimum atomic E-state index is 0.649. The van der Waals surface area contributed by atoms with Gasteiger partial charge in [-0.25, -0.2) is 9.97 Å². The molecule has 7 aromatic rings. The van der Waals surface area contributed by atoms with Crippen LogP contribution in [0.25, 0.3) is 90.9 Å². The van der Waals surface area contributed by atoms with E-state index in [0.29, 0.717) is 20.1 Å². The van der Waals surface area contributed by atoms with Gasteiger partial charge >= 0.3 is 0 Å². The van der Waals surface area contributed by atoms with Crippen LogP contribution in [0.15, 0.2) is 120 Å². The standard InChI is InChI=1S/C44H25BrCl4N4/c45-32-23-39-42(26-5-13-30(48)14-6-26)37-20-19-35(51-37)40(24-1-9-28(46)10-2-24)33-17-18-34(50-33)41(25-3-11-29(47)12-4-25)36-21-22-38(52-36)43(44(32)53-39)27-7-15-31(49)16-8-27/h1-23,51,53H. The van der Waals surface area contributed by atoms with Crippen LogP contribution in [0.3, 0.4) is 0 Å². The van der Waals surface area contributed by atoms with Gasteiger partial charge in [0.25, 0.3) is 0 Å². The number of rotatable bonds is 4. The Kier molecular flexibility index (Phi) is 8.85. The second-order valence-electron chi connectivity index (χ2n) is 12.7. The zero-order valence-corrected chi connectivity index (χ0v) is 32.2. The number of benzene rings is 4. The summed E-state index contributed by atoms with van der Waals surface area (Å²) in [6.07, 6.45) is 8.20. The summed E-state index contributed by atoms with van der Waals surface area (Å²) in [7, 11) is 0. The monoisotopic (exact) mass is 828 g/mol. The van der Waals surface area contributed by atoms with E-state index < -0.39 is 0 Å². The summed E-state index contributed by atoms with van der Waals surface area (Å²) in [5, 5.41) is 2.61. The molecule has 0 spiro atoms. The summed E-state index contributed by atoms with van der Waals surface area (Å²) in [6, 6.07) is 37.6. The summed E-state index contributed by atoms with van der Waals surface area (Å²) in [5.41, 5.74) is 14.2. The lowest BCUT2D eigenvalue weighted by atomic mass is 10.0. The molecule has 0 fully saturated rings. The molecule has 0 radical (unpaired) electrons. The molecule has 2 N–H and O–H groups in total. The van der Waals surface area contributed by atoms with E-state index >= 15 is 0 Å². The lowest BCUT2D eigenvalue weighted by Gasteiger charge is -2.07. The maximum Gasteiger partial charge on any atom is 0.0738 e. The topological polar surface area (TPSA) is 57.4 Å². The van der Waals surface area contributed by atoms with Gasteiger partial charge in [0.05, 0.1) is 28.3 Å². The number of fused-ring (bicyclic) bond motifs is 8. The van der Waals surface area contributed by atoms with Gasteiger partial charge in [-0.15, -0.1) is 0 Å². The third kappa shape index (κ3) is 6.43. The number of halogens is 5. The fraction of sp³-hybridized carbons (Fsp3) is 0. The van der Waals surface area contributed by atoms with E-state index in [1.807, 2.05) is 109 Å². The predicted octanol–water partition coefficient (Wildman–Crippen LogP) is 14.7. The molecule has 0 saturated heterocycles. The quantitative estimate of drug-likeness (QED) is 0.186. The summed E-state index contributed by atoms with van der Waals surface area (Å²) >= 11 is 29.5. The Morgan fingerprint density at radius 3 is 1.21 bits per heavy atom. The van der Waals surface area contributed by atoms with Gasteiger partial charge in [-0.05, 0) is 129 Å². The number of nitrogens with zero attached hydrogens (tertiary/aromatic N) is 2. The van der Waals surface area contributed by atoms with Crippen LogP contribution < -0.4 is 0 Å². The van der Waals surface area contributed by atoms with Gasteiger partial charge in [0.1, 0.15) is 0 Å². The lowest BCUT2D eigenvalue weighted by Crippen LogP contribution is -1.91. The molecule has 3 aromatic heterocycles. The zero-order chi connectivity index (χ0) is 36.2. The van der Waals surface area contributed by atoms with Crippen molar-refractivity contribution in [2.24, 2.45) is 0 Å². The Morgan fingerprint density at radius 2 is 0.736 bits per heavy atom. The normalized spacial score (nSPS) is 12.1. The van der Waals surface area contributed by atoms with Gasteiger partial charge in [-0.1, -0.05) is 94.9 Å². The number of hydrogen-bond donors (Lipinski definition) is 2. The first-order valence-electron chi connectivity index (χ1n) is 16.7. The van der Waals surface area contributed by atoms with Crippen molar-refractivity contribution >= 4 is 109 Å². The highest BCUT2D eigenvalue weighted by Crippen LogP contribution is 2.41. The molecule has 53 heavy (non-hydrogen) atoms. The van der Waals surface area contributed by atoms with E-state index in [-0.39, 0.29) is 0 Å². The average Bonchev–Trinajstić information content (AvgIpc) is 3.99. The second kappa shape index (κ2) is 13.8. The van der Waals surface area contributed by atoms with Crippen LogP contribution in [0, 0.1) is 0 Å². The molecular weight excluding hydrogens is 806 g/mol. The van der Waals surface area contributed by atoms with Crippen molar-refractivity contribution in [2.75, 3.05) is 0 Å². The van der Waals surface area contributed by atoms with E-state index in [4.69, 9.17) is 56.4 Å². The molecule has 256 valence electrons. The Balaban J connectivity index is 1.49. The summed E-state index contributed by atoms with van der Waals surface area (Å²) in [4.78, 5) is 18.2. The largest absolute Gasteiger partial charge is 0.354 e. The van der Waals surface area contributed by atoms with Gasteiger partial charge < -0.3 is 9.97 Å². The van der Waals surface area contributed by atoms with Crippen molar-refractivity contribution in [1.82, 2.24) is 19.9 Å². The molecule has 0 amide bonds. The molecular formula is C44H25BrCl4N4. The van der Waals surface area contributed by atoms with E-state index in [9.17, 15) is 0 Å². The SMILES string of the molecule is Clc1ccc(-c2c3nc(c(-c4ccc(Cl)cc4)c4ccc([nH]4)c(-c4ccc(Cl)cc4)c4cc(Br)c([nH]4)c(-c4ccc(Cl)cc4)c4nc2C=C4)C=C3)cc1. The van der Waals surface area contributed by atoms with E-state index in [2.05, 4.69) is 56.2 Å². The van der Waals surface area contributed by atoms with E-state index in [1.54, 1.807) is 0 Å². The highest BCUT2D eigenvalue weighted by molar-refractivity contribution is 9.10. The number of H-pyrrole nitrogens is 2. The minimum absolute atomic E-state index is 0.649. The molecule has 0 aliphatic carbocycles. The Hall–Kier alpha value is -4.88. The molecule has 0 atom stereocenters. The zero-order valence-electron chi connectivity index (χ0n) is 27.6. The lowest BCUT2D eigenvalue weighted by molar-refractivity contribution is 1.28. The maximum atomic E-state index is 6.39. The summed E-state index contributed by atoms with van der Waals surface area (Å²) in [5.74, 6) is 0. The first-order chi connectivity index (χ1) is 25.8. The highest BCUT2D eigenvalue weighted by Gasteiger charge is 2.20. The molecule has 0 saturated carbocycles. The Labute approximate surface area is 333 Å².